The van der Waals surface area contributed by atoms with Crippen molar-refractivity contribution in [1.82, 2.24) is 0 Å². The Labute approximate surface area is 128 Å². The Kier molecular flexibility index (Phi) is 4.02. The summed E-state index contributed by atoms with van der Waals surface area (Å²) in [5, 5.41) is 4.01. The normalized spacial score (nSPS) is 20.7. The minimum Gasteiger partial charge on any atom is -0.497 e. The van der Waals surface area contributed by atoms with Gasteiger partial charge in [-0.05, 0) is 48.6 Å². The minimum absolute atomic E-state index is 0.248. The number of hydrogen-bond donors (Lipinski definition) is 1. The Morgan fingerprint density at radius 2 is 2.00 bits per heavy atom. The van der Waals surface area contributed by atoms with Crippen LogP contribution in [0.2, 0.25) is 5.02 Å². The standard InChI is InChI=1S/C17H17ClFNO/c1-21-15-5-6-16(19)17(10-15)20-14-8-12(9-14)11-3-2-4-13(18)7-11/h2-7,10,12,14,20H,8-9H2,1H3. The smallest absolute Gasteiger partial charge is 0.146 e. The molecular formula is C17H17ClFNO. The zero-order valence-electron chi connectivity index (χ0n) is 11.8. The summed E-state index contributed by atoms with van der Waals surface area (Å²) in [6, 6.07) is 13.0. The molecule has 0 saturated heterocycles. The number of nitrogens with one attached hydrogen (secondary N) is 1. The van der Waals surface area contributed by atoms with Crippen molar-refractivity contribution >= 4 is 17.3 Å². The largest absolute Gasteiger partial charge is 0.497 e. The van der Waals surface area contributed by atoms with Gasteiger partial charge in [-0.15, -0.1) is 0 Å². The van der Waals surface area contributed by atoms with Gasteiger partial charge in [-0.2, -0.15) is 0 Å². The van der Waals surface area contributed by atoms with Gasteiger partial charge in [-0.3, -0.25) is 0 Å². The van der Waals surface area contributed by atoms with Gasteiger partial charge in [0.25, 0.3) is 0 Å². The summed E-state index contributed by atoms with van der Waals surface area (Å²) in [7, 11) is 1.58. The molecule has 1 aliphatic carbocycles. The lowest BCUT2D eigenvalue weighted by Crippen LogP contribution is -2.34. The first-order valence-electron chi connectivity index (χ1n) is 7.01. The second-order valence-electron chi connectivity index (χ2n) is 5.41. The fourth-order valence-corrected chi connectivity index (χ4v) is 2.93. The molecule has 1 saturated carbocycles. The van der Waals surface area contributed by atoms with Gasteiger partial charge in [-0.25, -0.2) is 4.39 Å². The van der Waals surface area contributed by atoms with E-state index in [0.717, 1.165) is 17.9 Å². The first kappa shape index (κ1) is 14.2. The second-order valence-corrected chi connectivity index (χ2v) is 5.85. The van der Waals surface area contributed by atoms with Crippen molar-refractivity contribution in [2.24, 2.45) is 0 Å². The van der Waals surface area contributed by atoms with Crippen molar-refractivity contribution in [3.05, 3.63) is 58.9 Å². The van der Waals surface area contributed by atoms with Crippen LogP contribution in [0.15, 0.2) is 42.5 Å². The Bertz CT molecular complexity index is 640. The number of halogens is 2. The van der Waals surface area contributed by atoms with Gasteiger partial charge in [0.15, 0.2) is 0 Å². The number of methoxy groups -OCH3 is 1. The predicted octanol–water partition coefficient (Wildman–Crippen LogP) is 4.85. The van der Waals surface area contributed by atoms with Crippen molar-refractivity contribution in [1.29, 1.82) is 0 Å². The molecule has 2 aromatic carbocycles. The molecule has 2 nitrogen and oxygen atoms in total. The van der Waals surface area contributed by atoms with Crippen molar-refractivity contribution in [3.8, 4) is 5.75 Å². The molecule has 1 N–H and O–H groups in total. The topological polar surface area (TPSA) is 21.3 Å². The van der Waals surface area contributed by atoms with E-state index >= 15 is 0 Å². The minimum atomic E-state index is -0.248. The Hall–Kier alpha value is -1.74. The molecule has 1 fully saturated rings. The summed E-state index contributed by atoms with van der Waals surface area (Å²) < 4.78 is 18.9. The lowest BCUT2D eigenvalue weighted by Gasteiger charge is -2.37. The molecule has 110 valence electrons. The van der Waals surface area contributed by atoms with E-state index in [-0.39, 0.29) is 11.9 Å². The molecule has 0 bridgehead atoms. The quantitative estimate of drug-likeness (QED) is 0.872. The molecule has 2 aromatic rings. The maximum Gasteiger partial charge on any atom is 0.146 e. The maximum atomic E-state index is 13.8. The summed E-state index contributed by atoms with van der Waals surface area (Å²) in [6.45, 7) is 0. The van der Waals surface area contributed by atoms with Crippen LogP contribution in [0.5, 0.6) is 5.75 Å². The Balaban J connectivity index is 1.62. The van der Waals surface area contributed by atoms with Crippen molar-refractivity contribution in [3.63, 3.8) is 0 Å². The van der Waals surface area contributed by atoms with Crippen LogP contribution in [0.3, 0.4) is 0 Å². The van der Waals surface area contributed by atoms with Gasteiger partial charge in [-0.1, -0.05) is 23.7 Å². The SMILES string of the molecule is COc1ccc(F)c(NC2CC(c3cccc(Cl)c3)C2)c1. The molecule has 21 heavy (non-hydrogen) atoms. The Morgan fingerprint density at radius 3 is 2.71 bits per heavy atom. The second kappa shape index (κ2) is 5.94. The third-order valence-corrected chi connectivity index (χ3v) is 4.23. The fourth-order valence-electron chi connectivity index (χ4n) is 2.73. The van der Waals surface area contributed by atoms with E-state index in [9.17, 15) is 4.39 Å². The molecule has 0 heterocycles. The lowest BCUT2D eigenvalue weighted by molar-refractivity contribution is 0.372. The van der Waals surface area contributed by atoms with Gasteiger partial charge in [0.2, 0.25) is 0 Å². The van der Waals surface area contributed by atoms with E-state index in [1.165, 1.54) is 11.6 Å². The highest BCUT2D eigenvalue weighted by molar-refractivity contribution is 6.30. The summed E-state index contributed by atoms with van der Waals surface area (Å²) >= 11 is 6.01. The summed E-state index contributed by atoms with van der Waals surface area (Å²) in [5.41, 5.74) is 1.76. The molecule has 0 radical (unpaired) electrons. The van der Waals surface area contributed by atoms with Gasteiger partial charge in [0, 0.05) is 17.1 Å². The third kappa shape index (κ3) is 3.13. The van der Waals surface area contributed by atoms with Crippen LogP contribution in [0, 0.1) is 5.82 Å². The molecule has 4 heteroatoms. The first-order valence-corrected chi connectivity index (χ1v) is 7.39. The van der Waals surface area contributed by atoms with Gasteiger partial charge in [0.1, 0.15) is 11.6 Å². The van der Waals surface area contributed by atoms with Crippen LogP contribution >= 0.6 is 11.6 Å². The molecule has 1 aliphatic rings. The van der Waals surface area contributed by atoms with Crippen molar-refractivity contribution in [2.75, 3.05) is 12.4 Å². The van der Waals surface area contributed by atoms with Gasteiger partial charge >= 0.3 is 0 Å². The molecular weight excluding hydrogens is 289 g/mol. The first-order chi connectivity index (χ1) is 10.2. The number of anilines is 1. The number of ether oxygens (including phenoxy) is 1. The molecule has 0 atom stereocenters. The highest BCUT2D eigenvalue weighted by Gasteiger charge is 2.30. The van der Waals surface area contributed by atoms with E-state index in [1.807, 2.05) is 18.2 Å². The Morgan fingerprint density at radius 1 is 1.19 bits per heavy atom. The average Bonchev–Trinajstić information content (AvgIpc) is 2.44. The lowest BCUT2D eigenvalue weighted by atomic mass is 9.76. The zero-order valence-corrected chi connectivity index (χ0v) is 12.5. The van der Waals surface area contributed by atoms with Crippen LogP contribution in [-0.2, 0) is 0 Å². The number of benzene rings is 2. The maximum absolute atomic E-state index is 13.8. The summed E-state index contributed by atoms with van der Waals surface area (Å²) in [6.07, 6.45) is 1.97. The monoisotopic (exact) mass is 305 g/mol. The molecule has 0 aromatic heterocycles. The summed E-state index contributed by atoms with van der Waals surface area (Å²) in [4.78, 5) is 0. The van der Waals surface area contributed by atoms with E-state index < -0.39 is 0 Å². The average molecular weight is 306 g/mol. The fraction of sp³-hybridized carbons (Fsp3) is 0.294. The van der Waals surface area contributed by atoms with Crippen LogP contribution in [-0.4, -0.2) is 13.2 Å². The molecule has 0 spiro atoms. The molecule has 0 amide bonds. The van der Waals surface area contributed by atoms with Crippen molar-refractivity contribution < 1.29 is 9.13 Å². The van der Waals surface area contributed by atoms with E-state index in [4.69, 9.17) is 16.3 Å². The van der Waals surface area contributed by atoms with Gasteiger partial charge in [0.05, 0.1) is 12.8 Å². The van der Waals surface area contributed by atoms with E-state index in [2.05, 4.69) is 11.4 Å². The van der Waals surface area contributed by atoms with Crippen molar-refractivity contribution in [2.45, 2.75) is 24.8 Å². The van der Waals surface area contributed by atoms with Crippen LogP contribution in [0.25, 0.3) is 0 Å². The highest BCUT2D eigenvalue weighted by atomic mass is 35.5. The van der Waals surface area contributed by atoms with Crippen LogP contribution in [0.1, 0.15) is 24.3 Å². The summed E-state index contributed by atoms with van der Waals surface area (Å²) in [5.74, 6) is 0.904. The van der Waals surface area contributed by atoms with E-state index in [0.29, 0.717) is 17.4 Å². The molecule has 0 unspecified atom stereocenters. The van der Waals surface area contributed by atoms with Crippen LogP contribution < -0.4 is 10.1 Å². The van der Waals surface area contributed by atoms with Crippen LogP contribution in [0.4, 0.5) is 10.1 Å². The zero-order chi connectivity index (χ0) is 14.8. The highest BCUT2D eigenvalue weighted by Crippen LogP contribution is 2.39. The number of hydrogen-bond acceptors (Lipinski definition) is 2. The molecule has 3 rings (SSSR count). The van der Waals surface area contributed by atoms with E-state index in [1.54, 1.807) is 19.2 Å². The third-order valence-electron chi connectivity index (χ3n) is 3.99. The molecule has 0 aliphatic heterocycles. The number of rotatable bonds is 4. The predicted molar refractivity (Wildman–Crippen MR) is 83.8 cm³/mol. The van der Waals surface area contributed by atoms with Gasteiger partial charge < -0.3 is 10.1 Å².